The van der Waals surface area contributed by atoms with E-state index in [4.69, 9.17) is 11.6 Å². The Morgan fingerprint density at radius 2 is 2.24 bits per heavy atom. The zero-order chi connectivity index (χ0) is 12.8. The summed E-state index contributed by atoms with van der Waals surface area (Å²) in [6, 6.07) is 3.81. The van der Waals surface area contributed by atoms with Crippen molar-refractivity contribution in [1.82, 2.24) is 0 Å². The maximum absolute atomic E-state index is 11.4. The predicted molar refractivity (Wildman–Crippen MR) is 63.3 cm³/mol. The van der Waals surface area contributed by atoms with Crippen LogP contribution in [0, 0.1) is 10.1 Å². The first-order valence-electron chi connectivity index (χ1n) is 4.88. The Morgan fingerprint density at radius 3 is 2.82 bits per heavy atom. The molecule has 0 radical (unpaired) electrons. The Bertz CT molecular complexity index is 436. The highest BCUT2D eigenvalue weighted by Gasteiger charge is 2.18. The van der Waals surface area contributed by atoms with Crippen molar-refractivity contribution in [2.24, 2.45) is 0 Å². The number of halogens is 1. The maximum atomic E-state index is 11.4. The van der Waals surface area contributed by atoms with E-state index in [0.717, 1.165) is 0 Å². The van der Waals surface area contributed by atoms with Crippen LogP contribution in [0.4, 0.5) is 11.4 Å². The molecule has 0 aliphatic rings. The molecule has 0 spiro atoms. The molecule has 7 heteroatoms. The number of hydrogen-bond acceptors (Lipinski definition) is 4. The fraction of sp³-hybridized carbons (Fsp3) is 0.300. The van der Waals surface area contributed by atoms with Crippen molar-refractivity contribution in [1.29, 1.82) is 0 Å². The van der Waals surface area contributed by atoms with Gasteiger partial charge in [-0.25, -0.2) is 0 Å². The van der Waals surface area contributed by atoms with Gasteiger partial charge < -0.3 is 10.4 Å². The lowest BCUT2D eigenvalue weighted by Gasteiger charge is -2.07. The molecule has 17 heavy (non-hydrogen) atoms. The first-order valence-corrected chi connectivity index (χ1v) is 5.42. The summed E-state index contributed by atoms with van der Waals surface area (Å²) in [5.41, 5.74) is -0.527. The number of nitrogens with one attached hydrogen (secondary N) is 1. The number of carbonyl (C=O) groups excluding carboxylic acids is 1. The van der Waals surface area contributed by atoms with Gasteiger partial charge in [-0.2, -0.15) is 0 Å². The average Bonchev–Trinajstić information content (AvgIpc) is 2.28. The number of aromatic hydroxyl groups is 1. The highest BCUT2D eigenvalue weighted by atomic mass is 35.5. The fourth-order valence-electron chi connectivity index (χ4n) is 1.24. The number of rotatable bonds is 5. The zero-order valence-corrected chi connectivity index (χ0v) is 9.61. The molecular weight excluding hydrogens is 248 g/mol. The van der Waals surface area contributed by atoms with E-state index in [9.17, 15) is 20.0 Å². The Hall–Kier alpha value is -1.82. The third-order valence-electron chi connectivity index (χ3n) is 2.02. The molecule has 0 saturated heterocycles. The van der Waals surface area contributed by atoms with Gasteiger partial charge >= 0.3 is 0 Å². The SMILES string of the molecule is O=C(CCCCl)Nc1c(O)cccc1[N+](=O)[O-]. The van der Waals surface area contributed by atoms with E-state index in [2.05, 4.69) is 5.32 Å². The number of amides is 1. The molecule has 0 saturated carbocycles. The number of nitro groups is 1. The largest absolute Gasteiger partial charge is 0.505 e. The molecule has 6 nitrogen and oxygen atoms in total. The van der Waals surface area contributed by atoms with Gasteiger partial charge in [0.15, 0.2) is 5.69 Å². The van der Waals surface area contributed by atoms with E-state index in [-0.39, 0.29) is 23.5 Å². The monoisotopic (exact) mass is 258 g/mol. The van der Waals surface area contributed by atoms with Gasteiger partial charge in [-0.15, -0.1) is 11.6 Å². The molecule has 1 aromatic carbocycles. The molecule has 2 N–H and O–H groups in total. The van der Waals surface area contributed by atoms with Crippen LogP contribution in [0.25, 0.3) is 0 Å². The van der Waals surface area contributed by atoms with Gasteiger partial charge in [0.2, 0.25) is 5.91 Å². The van der Waals surface area contributed by atoms with Crippen molar-refractivity contribution in [3.63, 3.8) is 0 Å². The van der Waals surface area contributed by atoms with E-state index < -0.39 is 10.8 Å². The first-order chi connectivity index (χ1) is 8.06. The number of phenols is 1. The molecule has 1 aromatic rings. The van der Waals surface area contributed by atoms with Crippen molar-refractivity contribution in [2.45, 2.75) is 12.8 Å². The first kappa shape index (κ1) is 13.2. The molecule has 0 aromatic heterocycles. The van der Waals surface area contributed by atoms with Gasteiger partial charge in [0, 0.05) is 18.4 Å². The predicted octanol–water partition coefficient (Wildman–Crippen LogP) is 2.26. The third-order valence-corrected chi connectivity index (χ3v) is 2.29. The Morgan fingerprint density at radius 1 is 1.53 bits per heavy atom. The van der Waals surface area contributed by atoms with Crippen LogP contribution in [0.3, 0.4) is 0 Å². The van der Waals surface area contributed by atoms with Crippen molar-refractivity contribution in [2.75, 3.05) is 11.2 Å². The molecule has 0 fully saturated rings. The molecule has 1 amide bonds. The zero-order valence-electron chi connectivity index (χ0n) is 8.85. The molecule has 0 aliphatic carbocycles. The lowest BCUT2D eigenvalue weighted by atomic mass is 10.2. The smallest absolute Gasteiger partial charge is 0.296 e. The van der Waals surface area contributed by atoms with Crippen molar-refractivity contribution in [3.05, 3.63) is 28.3 Å². The molecule has 0 aliphatic heterocycles. The number of hydrogen-bond donors (Lipinski definition) is 2. The molecule has 0 bridgehead atoms. The second-order valence-electron chi connectivity index (χ2n) is 3.27. The summed E-state index contributed by atoms with van der Waals surface area (Å²) in [6.07, 6.45) is 0.615. The molecule has 0 atom stereocenters. The lowest BCUT2D eigenvalue weighted by molar-refractivity contribution is -0.384. The number of benzene rings is 1. The van der Waals surface area contributed by atoms with Crippen LogP contribution in [0.2, 0.25) is 0 Å². The van der Waals surface area contributed by atoms with Crippen LogP contribution >= 0.6 is 11.6 Å². The number of phenolic OH excluding ortho intramolecular Hbond substituents is 1. The Kier molecular flexibility index (Phi) is 4.71. The second kappa shape index (κ2) is 6.05. The summed E-state index contributed by atoms with van der Waals surface area (Å²) in [6.45, 7) is 0. The third kappa shape index (κ3) is 3.60. The van der Waals surface area contributed by atoms with Gasteiger partial charge in [0.25, 0.3) is 5.69 Å². The number of anilines is 1. The summed E-state index contributed by atoms with van der Waals surface area (Å²) >= 11 is 5.42. The summed E-state index contributed by atoms with van der Waals surface area (Å²) in [4.78, 5) is 21.4. The molecular formula is C10H11ClN2O4. The van der Waals surface area contributed by atoms with Crippen LogP contribution < -0.4 is 5.32 Å². The summed E-state index contributed by atoms with van der Waals surface area (Å²) in [5.74, 6) is -0.426. The van der Waals surface area contributed by atoms with Crippen molar-refractivity contribution >= 4 is 28.9 Å². The number of nitro benzene ring substituents is 1. The van der Waals surface area contributed by atoms with Gasteiger partial charge in [-0.3, -0.25) is 14.9 Å². The lowest BCUT2D eigenvalue weighted by Crippen LogP contribution is -2.12. The number of para-hydroxylation sites is 1. The van der Waals surface area contributed by atoms with Crippen LogP contribution in [0.1, 0.15) is 12.8 Å². The summed E-state index contributed by atoms with van der Waals surface area (Å²) in [5, 5.41) is 22.5. The van der Waals surface area contributed by atoms with Gasteiger partial charge in [-0.05, 0) is 12.5 Å². The average molecular weight is 259 g/mol. The Balaban J connectivity index is 2.89. The minimum absolute atomic E-state index is 0.148. The van der Waals surface area contributed by atoms with Gasteiger partial charge in [-0.1, -0.05) is 6.07 Å². The van der Waals surface area contributed by atoms with Crippen LogP contribution in [-0.4, -0.2) is 21.8 Å². The van der Waals surface area contributed by atoms with Crippen molar-refractivity contribution in [3.8, 4) is 5.75 Å². The highest BCUT2D eigenvalue weighted by molar-refractivity contribution is 6.18. The number of alkyl halides is 1. The molecule has 0 heterocycles. The van der Waals surface area contributed by atoms with E-state index in [1.807, 2.05) is 0 Å². The van der Waals surface area contributed by atoms with Crippen LogP contribution in [0.5, 0.6) is 5.75 Å². The molecule has 92 valence electrons. The number of nitrogens with zero attached hydrogens (tertiary/aromatic N) is 1. The topological polar surface area (TPSA) is 92.5 Å². The molecule has 0 unspecified atom stereocenters. The summed E-state index contributed by atoms with van der Waals surface area (Å²) < 4.78 is 0. The van der Waals surface area contributed by atoms with Crippen LogP contribution in [-0.2, 0) is 4.79 Å². The molecule has 1 rings (SSSR count). The second-order valence-corrected chi connectivity index (χ2v) is 3.65. The van der Waals surface area contributed by atoms with E-state index in [0.29, 0.717) is 12.3 Å². The minimum atomic E-state index is -0.670. The summed E-state index contributed by atoms with van der Waals surface area (Å²) in [7, 11) is 0. The van der Waals surface area contributed by atoms with Crippen molar-refractivity contribution < 1.29 is 14.8 Å². The van der Waals surface area contributed by atoms with Gasteiger partial charge in [0.1, 0.15) is 5.75 Å². The van der Waals surface area contributed by atoms with Crippen LogP contribution in [0.15, 0.2) is 18.2 Å². The van der Waals surface area contributed by atoms with Gasteiger partial charge in [0.05, 0.1) is 4.92 Å². The van der Waals surface area contributed by atoms with E-state index in [1.54, 1.807) is 0 Å². The van der Waals surface area contributed by atoms with E-state index in [1.165, 1.54) is 18.2 Å². The fourth-order valence-corrected chi connectivity index (χ4v) is 1.37. The standard InChI is InChI=1S/C10H11ClN2O4/c11-6-2-5-9(15)12-10-7(13(16)17)3-1-4-8(10)14/h1,3-4,14H,2,5-6H2,(H,12,15). The highest BCUT2D eigenvalue weighted by Crippen LogP contribution is 2.33. The number of carbonyl (C=O) groups is 1. The minimum Gasteiger partial charge on any atom is -0.505 e. The quantitative estimate of drug-likeness (QED) is 0.367. The van der Waals surface area contributed by atoms with E-state index >= 15 is 0 Å². The Labute approximate surface area is 102 Å². The normalized spacial score (nSPS) is 9.94. The maximum Gasteiger partial charge on any atom is 0.296 e.